The Balaban J connectivity index is 0.951. The second-order valence-corrected chi connectivity index (χ2v) is 19.0. The van der Waals surface area contributed by atoms with E-state index in [1.165, 1.54) is 54.5 Å². The first-order chi connectivity index (χ1) is 33.0. The summed E-state index contributed by atoms with van der Waals surface area (Å²) in [5.41, 5.74) is 10.2. The van der Waals surface area contributed by atoms with Gasteiger partial charge in [0.1, 0.15) is 49.4 Å². The monoisotopic (exact) mass is 946 g/mol. The third-order valence-electron chi connectivity index (χ3n) is 13.2. The number of hydrogen-bond acceptors (Lipinski definition) is 11. The zero-order valence-electron chi connectivity index (χ0n) is 40.6. The van der Waals surface area contributed by atoms with Crippen LogP contribution in [0.5, 0.6) is 29.1 Å². The van der Waals surface area contributed by atoms with Crippen molar-refractivity contribution < 1.29 is 50.9 Å². The lowest BCUT2D eigenvalue weighted by atomic mass is 9.71. The number of aryl methyl sites for hydroxylation is 4. The molecule has 2 aliphatic rings. The molecule has 0 fully saturated rings. The predicted molar refractivity (Wildman–Crippen MR) is 257 cm³/mol. The fraction of sp³-hybridized carbons (Fsp3) is 0.407. The van der Waals surface area contributed by atoms with Gasteiger partial charge in [0, 0.05) is 25.0 Å². The number of ether oxygens (including phenoxy) is 5. The molecule has 15 heteroatoms. The molecule has 6 aromatic rings. The molecule has 0 unspecified atom stereocenters. The number of pyridine rings is 2. The van der Waals surface area contributed by atoms with Gasteiger partial charge in [-0.3, -0.25) is 9.59 Å². The highest BCUT2D eigenvalue weighted by molar-refractivity contribution is 6.04. The van der Waals surface area contributed by atoms with Crippen LogP contribution in [0, 0.1) is 19.8 Å². The third-order valence-corrected chi connectivity index (χ3v) is 13.2. The number of carbonyl (C=O) groups is 2. The maximum atomic E-state index is 14.8. The summed E-state index contributed by atoms with van der Waals surface area (Å²) < 4.78 is 68.5. The maximum absolute atomic E-state index is 14.8. The predicted octanol–water partition coefficient (Wildman–Crippen LogP) is 11.2. The van der Waals surface area contributed by atoms with Crippen molar-refractivity contribution in [1.29, 1.82) is 0 Å². The Morgan fingerprint density at radius 3 is 1.71 bits per heavy atom. The average Bonchev–Trinajstić information content (AvgIpc) is 3.99. The zero-order chi connectivity index (χ0) is 49.0. The number of methoxy groups -OCH3 is 2. The van der Waals surface area contributed by atoms with E-state index in [4.69, 9.17) is 32.5 Å². The van der Waals surface area contributed by atoms with Gasteiger partial charge in [0.25, 0.3) is 11.8 Å². The van der Waals surface area contributed by atoms with E-state index in [0.29, 0.717) is 24.4 Å². The molecule has 2 amide bonds. The van der Waals surface area contributed by atoms with E-state index in [-0.39, 0.29) is 82.7 Å². The van der Waals surface area contributed by atoms with Gasteiger partial charge in [-0.15, -0.1) is 0 Å². The molecular formula is C54H60F2N4O9. The summed E-state index contributed by atoms with van der Waals surface area (Å²) in [6.45, 7) is 11.8. The first-order valence-corrected chi connectivity index (χ1v) is 23.4. The smallest absolute Gasteiger partial charge is 0.291 e. The van der Waals surface area contributed by atoms with E-state index in [2.05, 4.69) is 86.4 Å². The summed E-state index contributed by atoms with van der Waals surface area (Å²) in [6, 6.07) is 18.2. The summed E-state index contributed by atoms with van der Waals surface area (Å²) in [4.78, 5) is 35.6. The van der Waals surface area contributed by atoms with E-state index in [9.17, 15) is 18.4 Å². The Bertz CT molecular complexity index is 2870. The molecule has 2 aliphatic carbocycles. The summed E-state index contributed by atoms with van der Waals surface area (Å²) in [6.07, 6.45) is 7.70. The van der Waals surface area contributed by atoms with Gasteiger partial charge in [-0.1, -0.05) is 52.0 Å². The van der Waals surface area contributed by atoms with Crippen molar-refractivity contribution in [3.8, 4) is 29.1 Å². The maximum Gasteiger partial charge on any atom is 0.291 e. The molecule has 0 radical (unpaired) electrons. The minimum absolute atomic E-state index is 0.0189. The van der Waals surface area contributed by atoms with Crippen molar-refractivity contribution >= 4 is 23.2 Å². The highest BCUT2D eigenvalue weighted by atomic mass is 19.1. The highest BCUT2D eigenvalue weighted by Gasteiger charge is 2.30. The Hall–Kier alpha value is -6.90. The van der Waals surface area contributed by atoms with E-state index in [0.717, 1.165) is 54.9 Å². The number of amides is 2. The first kappa shape index (κ1) is 48.6. The molecule has 0 saturated heterocycles. The van der Waals surface area contributed by atoms with Crippen molar-refractivity contribution in [2.24, 2.45) is 0 Å². The molecule has 8 rings (SSSR count). The van der Waals surface area contributed by atoms with E-state index in [1.807, 2.05) is 0 Å². The normalized spacial score (nSPS) is 14.6. The molecule has 2 aromatic carbocycles. The molecule has 2 N–H and O–H groups in total. The van der Waals surface area contributed by atoms with Crippen LogP contribution in [0.1, 0.15) is 131 Å². The summed E-state index contributed by atoms with van der Waals surface area (Å²) >= 11 is 0. The number of halogens is 2. The van der Waals surface area contributed by atoms with Crippen LogP contribution < -0.4 is 34.3 Å². The van der Waals surface area contributed by atoms with E-state index < -0.39 is 24.4 Å². The number of benzene rings is 2. The SMILES string of the molecule is COc1cc(OCCF)nc(OCCOc2cc(F)nc(OC)c2NC(=O)c2ccc(Cc3cc4c(cc3C)CCCC4(C)C)o2)c1NC(=O)c1ccc(Cc2cc3c(cc2C)CCCC3(C)C)o1. The highest BCUT2D eigenvalue weighted by Crippen LogP contribution is 2.41. The largest absolute Gasteiger partial charge is 0.494 e. The fourth-order valence-corrected chi connectivity index (χ4v) is 9.52. The number of aromatic nitrogens is 2. The molecule has 69 heavy (non-hydrogen) atoms. The van der Waals surface area contributed by atoms with Crippen molar-refractivity contribution in [2.75, 3.05) is 51.3 Å². The molecule has 0 aliphatic heterocycles. The van der Waals surface area contributed by atoms with Crippen LogP contribution in [0.15, 0.2) is 69.5 Å². The van der Waals surface area contributed by atoms with E-state index in [1.54, 1.807) is 24.3 Å². The Morgan fingerprint density at radius 1 is 0.652 bits per heavy atom. The molecular weight excluding hydrogens is 887 g/mol. The Kier molecular flexibility index (Phi) is 14.3. The van der Waals surface area contributed by atoms with Crippen molar-refractivity contribution in [1.82, 2.24) is 9.97 Å². The summed E-state index contributed by atoms with van der Waals surface area (Å²) in [5, 5.41) is 5.49. The third kappa shape index (κ3) is 10.9. The van der Waals surface area contributed by atoms with Crippen LogP contribution in [0.4, 0.5) is 20.2 Å². The van der Waals surface area contributed by atoms with Gasteiger partial charge in [0.15, 0.2) is 23.0 Å². The molecule has 4 heterocycles. The van der Waals surface area contributed by atoms with E-state index >= 15 is 0 Å². The zero-order valence-corrected chi connectivity index (χ0v) is 40.6. The van der Waals surface area contributed by atoms with Gasteiger partial charge in [-0.2, -0.15) is 14.4 Å². The number of nitrogens with one attached hydrogen (secondary N) is 2. The number of hydrogen-bond donors (Lipinski definition) is 2. The van der Waals surface area contributed by atoms with Gasteiger partial charge in [-0.25, -0.2) is 4.39 Å². The standard InChI is InChI=1S/C54H60F2N4O9/c1-31-23-33-11-9-17-53(3,4)39(33)27-35(31)25-37-13-15-41(68-37)49(61)59-47-43(63-7)30-46(66-20-19-55)58-52(47)67-22-21-65-44-29-45(56)57-51(64-8)48(44)60-50(62)42-16-14-38(69-42)26-36-28-40-34(24-32(36)2)12-10-18-54(40,5)6/h13-16,23-24,27-30H,9-12,17-22,25-26H2,1-8H3,(H,59,61)(H,60,62). The lowest BCUT2D eigenvalue weighted by Crippen LogP contribution is -2.24. The second-order valence-electron chi connectivity index (χ2n) is 19.0. The molecule has 4 aromatic heterocycles. The molecule has 0 spiro atoms. The Labute approximate surface area is 401 Å². The Morgan fingerprint density at radius 2 is 1.19 bits per heavy atom. The summed E-state index contributed by atoms with van der Waals surface area (Å²) in [7, 11) is 2.66. The molecule has 0 saturated carbocycles. The molecule has 0 atom stereocenters. The topological polar surface area (TPSA) is 156 Å². The number of anilines is 2. The van der Waals surface area contributed by atoms with Crippen molar-refractivity contribution in [3.63, 3.8) is 0 Å². The van der Waals surface area contributed by atoms with Crippen LogP contribution in [-0.4, -0.2) is 62.5 Å². The number of fused-ring (bicyclic) bond motifs is 2. The van der Waals surface area contributed by atoms with Crippen molar-refractivity contribution in [3.05, 3.63) is 134 Å². The minimum atomic E-state index is -0.929. The van der Waals surface area contributed by atoms with Crippen LogP contribution in [0.3, 0.4) is 0 Å². The lowest BCUT2D eigenvalue weighted by molar-refractivity contribution is 0.0986. The summed E-state index contributed by atoms with van der Waals surface area (Å²) in [5.74, 6) is -1.33. The van der Waals surface area contributed by atoms with Crippen molar-refractivity contribution in [2.45, 2.75) is 104 Å². The molecule has 13 nitrogen and oxygen atoms in total. The van der Waals surface area contributed by atoms with Gasteiger partial charge in [0.05, 0.1) is 14.2 Å². The van der Waals surface area contributed by atoms with Gasteiger partial charge in [-0.05, 0) is 132 Å². The lowest BCUT2D eigenvalue weighted by Gasteiger charge is -2.33. The van der Waals surface area contributed by atoms with Gasteiger partial charge < -0.3 is 43.2 Å². The number of carbonyl (C=O) groups excluding carboxylic acids is 2. The number of rotatable bonds is 18. The number of furan rings is 2. The minimum Gasteiger partial charge on any atom is -0.494 e. The number of nitrogens with zero attached hydrogens (tertiary/aromatic N) is 2. The van der Waals surface area contributed by atoms with Crippen LogP contribution in [0.2, 0.25) is 0 Å². The first-order valence-electron chi connectivity index (χ1n) is 23.4. The average molecular weight is 947 g/mol. The number of alkyl halides is 1. The van der Waals surface area contributed by atoms with Crippen LogP contribution in [-0.2, 0) is 36.5 Å². The van der Waals surface area contributed by atoms with Crippen LogP contribution >= 0.6 is 0 Å². The quantitative estimate of drug-likeness (QED) is 0.0624. The fourth-order valence-electron chi connectivity index (χ4n) is 9.52. The van der Waals surface area contributed by atoms with Gasteiger partial charge >= 0.3 is 0 Å². The van der Waals surface area contributed by atoms with Crippen LogP contribution in [0.25, 0.3) is 0 Å². The second kappa shape index (κ2) is 20.4. The molecule has 0 bridgehead atoms. The molecule has 364 valence electrons. The van der Waals surface area contributed by atoms with Gasteiger partial charge in [0.2, 0.25) is 23.6 Å².